The molecule has 1 atom stereocenters. The Labute approximate surface area is 158 Å². The lowest BCUT2D eigenvalue weighted by atomic mass is 10.0. The quantitative estimate of drug-likeness (QED) is 0.832. The summed E-state index contributed by atoms with van der Waals surface area (Å²) < 4.78 is 0. The summed E-state index contributed by atoms with van der Waals surface area (Å²) in [5, 5.41) is 6.41. The van der Waals surface area contributed by atoms with Gasteiger partial charge in [0.25, 0.3) is 0 Å². The number of carbonyl (C=O) groups excluding carboxylic acids is 2. The largest absolute Gasteiger partial charge is 0.370 e. The summed E-state index contributed by atoms with van der Waals surface area (Å²) in [6, 6.07) is 14.5. The zero-order valence-corrected chi connectivity index (χ0v) is 15.4. The van der Waals surface area contributed by atoms with Crippen molar-refractivity contribution in [3.05, 3.63) is 59.1 Å². The number of likely N-dealkylation sites (tertiary alicyclic amines) is 1. The fourth-order valence-electron chi connectivity index (χ4n) is 3.12. The van der Waals surface area contributed by atoms with E-state index in [4.69, 9.17) is 11.6 Å². The van der Waals surface area contributed by atoms with Crippen molar-refractivity contribution < 1.29 is 9.59 Å². The number of nitrogens with zero attached hydrogens (tertiary/aromatic N) is 1. The van der Waals surface area contributed by atoms with Crippen LogP contribution in [0.25, 0.3) is 0 Å². The standard InChI is InChI=1S/C20H22ClN3O2/c1-14(25)22-18-10-9-16(13-17(18)21)23-19(15-7-3-2-4-8-15)20(26)24-11-5-6-12-24/h2-4,7-10,13,19,23H,5-6,11-12H2,1H3,(H,22,25)/t19-/m1/s1. The minimum Gasteiger partial charge on any atom is -0.370 e. The molecule has 5 nitrogen and oxygen atoms in total. The third-order valence-corrected chi connectivity index (χ3v) is 4.70. The van der Waals surface area contributed by atoms with Crippen LogP contribution in [0.2, 0.25) is 5.02 Å². The maximum absolute atomic E-state index is 13.0. The molecule has 0 unspecified atom stereocenters. The smallest absolute Gasteiger partial charge is 0.249 e. The number of amides is 2. The molecule has 0 radical (unpaired) electrons. The number of hydrogen-bond donors (Lipinski definition) is 2. The second-order valence-corrected chi connectivity index (χ2v) is 6.80. The lowest BCUT2D eigenvalue weighted by molar-refractivity contribution is -0.131. The number of nitrogens with one attached hydrogen (secondary N) is 2. The summed E-state index contributed by atoms with van der Waals surface area (Å²) in [7, 11) is 0. The van der Waals surface area contributed by atoms with Crippen molar-refractivity contribution in [2.45, 2.75) is 25.8 Å². The van der Waals surface area contributed by atoms with E-state index in [1.807, 2.05) is 41.3 Å². The van der Waals surface area contributed by atoms with E-state index in [0.717, 1.165) is 37.2 Å². The highest BCUT2D eigenvalue weighted by Gasteiger charge is 2.27. The first-order chi connectivity index (χ1) is 12.5. The summed E-state index contributed by atoms with van der Waals surface area (Å²) in [5.74, 6) is -0.116. The van der Waals surface area contributed by atoms with Gasteiger partial charge in [-0.1, -0.05) is 41.9 Å². The van der Waals surface area contributed by atoms with E-state index >= 15 is 0 Å². The topological polar surface area (TPSA) is 61.4 Å². The summed E-state index contributed by atoms with van der Waals surface area (Å²) in [6.07, 6.45) is 2.09. The number of rotatable bonds is 5. The molecule has 2 amide bonds. The van der Waals surface area contributed by atoms with E-state index < -0.39 is 6.04 Å². The van der Waals surface area contributed by atoms with Crippen LogP contribution in [0.5, 0.6) is 0 Å². The van der Waals surface area contributed by atoms with E-state index in [2.05, 4.69) is 10.6 Å². The van der Waals surface area contributed by atoms with Gasteiger partial charge in [0.05, 0.1) is 10.7 Å². The molecule has 2 aromatic rings. The van der Waals surface area contributed by atoms with Gasteiger partial charge in [-0.15, -0.1) is 0 Å². The Kier molecular flexibility index (Phi) is 5.78. The predicted octanol–water partition coefficient (Wildman–Crippen LogP) is 4.07. The molecular weight excluding hydrogens is 350 g/mol. The molecule has 0 bridgehead atoms. The zero-order valence-electron chi connectivity index (χ0n) is 14.7. The number of benzene rings is 2. The fourth-order valence-corrected chi connectivity index (χ4v) is 3.34. The SMILES string of the molecule is CC(=O)Nc1ccc(N[C@@H](C(=O)N2CCCC2)c2ccccc2)cc1Cl. The van der Waals surface area contributed by atoms with Gasteiger partial charge in [-0.25, -0.2) is 0 Å². The van der Waals surface area contributed by atoms with Crippen molar-refractivity contribution >= 4 is 34.8 Å². The van der Waals surface area contributed by atoms with E-state index in [9.17, 15) is 9.59 Å². The van der Waals surface area contributed by atoms with Gasteiger partial charge < -0.3 is 15.5 Å². The Bertz CT molecular complexity index is 789. The van der Waals surface area contributed by atoms with Crippen LogP contribution >= 0.6 is 11.6 Å². The van der Waals surface area contributed by atoms with Crippen LogP contribution < -0.4 is 10.6 Å². The highest BCUT2D eigenvalue weighted by Crippen LogP contribution is 2.29. The van der Waals surface area contributed by atoms with Gasteiger partial charge in [0.15, 0.2) is 0 Å². The van der Waals surface area contributed by atoms with E-state index in [-0.39, 0.29) is 11.8 Å². The molecule has 2 N–H and O–H groups in total. The van der Waals surface area contributed by atoms with E-state index in [1.54, 1.807) is 12.1 Å². The molecule has 0 saturated carbocycles. The summed E-state index contributed by atoms with van der Waals surface area (Å²) in [4.78, 5) is 26.1. The maximum atomic E-state index is 13.0. The Hall–Kier alpha value is -2.53. The highest BCUT2D eigenvalue weighted by molar-refractivity contribution is 6.34. The van der Waals surface area contributed by atoms with Crippen molar-refractivity contribution in [1.82, 2.24) is 4.90 Å². The first-order valence-electron chi connectivity index (χ1n) is 8.72. The molecule has 1 heterocycles. The Morgan fingerprint density at radius 2 is 1.77 bits per heavy atom. The number of hydrogen-bond acceptors (Lipinski definition) is 3. The molecule has 0 aromatic heterocycles. The Balaban J connectivity index is 1.84. The number of anilines is 2. The van der Waals surface area contributed by atoms with E-state index in [0.29, 0.717) is 10.7 Å². The first-order valence-corrected chi connectivity index (χ1v) is 9.10. The lowest BCUT2D eigenvalue weighted by Crippen LogP contribution is -2.36. The first kappa shape index (κ1) is 18.3. The van der Waals surface area contributed by atoms with Crippen molar-refractivity contribution in [2.24, 2.45) is 0 Å². The van der Waals surface area contributed by atoms with Gasteiger partial charge in [0.2, 0.25) is 11.8 Å². The zero-order chi connectivity index (χ0) is 18.5. The average molecular weight is 372 g/mol. The molecule has 26 heavy (non-hydrogen) atoms. The van der Waals surface area contributed by atoms with Crippen LogP contribution in [0, 0.1) is 0 Å². The molecule has 1 fully saturated rings. The minimum atomic E-state index is -0.475. The molecule has 1 aliphatic heterocycles. The van der Waals surface area contributed by atoms with Gasteiger partial charge in [0.1, 0.15) is 6.04 Å². The number of halogens is 1. The van der Waals surface area contributed by atoms with Gasteiger partial charge in [-0.05, 0) is 36.6 Å². The molecule has 0 aliphatic carbocycles. The Morgan fingerprint density at radius 1 is 1.08 bits per heavy atom. The Morgan fingerprint density at radius 3 is 2.38 bits per heavy atom. The fraction of sp³-hybridized carbons (Fsp3) is 0.300. The monoisotopic (exact) mass is 371 g/mol. The van der Waals surface area contributed by atoms with Crippen LogP contribution in [-0.2, 0) is 9.59 Å². The third-order valence-electron chi connectivity index (χ3n) is 4.39. The van der Waals surface area contributed by atoms with Gasteiger partial charge >= 0.3 is 0 Å². The van der Waals surface area contributed by atoms with Crippen molar-refractivity contribution in [3.63, 3.8) is 0 Å². The molecule has 2 aromatic carbocycles. The van der Waals surface area contributed by atoms with Crippen LogP contribution in [0.4, 0.5) is 11.4 Å². The second kappa shape index (κ2) is 8.23. The van der Waals surface area contributed by atoms with Crippen molar-refractivity contribution in [1.29, 1.82) is 0 Å². The van der Waals surface area contributed by atoms with Gasteiger partial charge in [-0.3, -0.25) is 9.59 Å². The molecule has 1 aliphatic rings. The molecule has 136 valence electrons. The summed E-state index contributed by atoms with van der Waals surface area (Å²) >= 11 is 6.26. The molecule has 3 rings (SSSR count). The minimum absolute atomic E-state index is 0.0655. The maximum Gasteiger partial charge on any atom is 0.249 e. The molecular formula is C20H22ClN3O2. The van der Waals surface area contributed by atoms with Crippen LogP contribution in [-0.4, -0.2) is 29.8 Å². The average Bonchev–Trinajstić information content (AvgIpc) is 3.16. The third kappa shape index (κ3) is 4.35. The number of carbonyl (C=O) groups is 2. The predicted molar refractivity (Wildman–Crippen MR) is 104 cm³/mol. The van der Waals surface area contributed by atoms with E-state index in [1.165, 1.54) is 6.92 Å². The van der Waals surface area contributed by atoms with Crippen LogP contribution in [0.15, 0.2) is 48.5 Å². The van der Waals surface area contributed by atoms with Gasteiger partial charge in [0, 0.05) is 25.7 Å². The lowest BCUT2D eigenvalue weighted by Gasteiger charge is -2.25. The van der Waals surface area contributed by atoms with Crippen molar-refractivity contribution in [3.8, 4) is 0 Å². The highest BCUT2D eigenvalue weighted by atomic mass is 35.5. The van der Waals surface area contributed by atoms with Crippen LogP contribution in [0.3, 0.4) is 0 Å². The van der Waals surface area contributed by atoms with Crippen molar-refractivity contribution in [2.75, 3.05) is 23.7 Å². The summed E-state index contributed by atoms with van der Waals surface area (Å²) in [6.45, 7) is 3.03. The molecule has 1 saturated heterocycles. The second-order valence-electron chi connectivity index (χ2n) is 6.40. The molecule has 0 spiro atoms. The normalized spacial score (nSPS) is 14.8. The van der Waals surface area contributed by atoms with Crippen LogP contribution in [0.1, 0.15) is 31.4 Å². The van der Waals surface area contributed by atoms with Gasteiger partial charge in [-0.2, -0.15) is 0 Å². The molecule has 6 heteroatoms. The summed E-state index contributed by atoms with van der Waals surface area (Å²) in [5.41, 5.74) is 2.18.